The van der Waals surface area contributed by atoms with Gasteiger partial charge in [-0.3, -0.25) is 13.9 Å². The average Bonchev–Trinajstić information content (AvgIpc) is 2.25. The summed E-state index contributed by atoms with van der Waals surface area (Å²) in [6.07, 6.45) is 0. The third-order valence-electron chi connectivity index (χ3n) is 2.40. The molecule has 0 aliphatic heterocycles. The Morgan fingerprint density at radius 3 is 2.29 bits per heavy atom. The van der Waals surface area contributed by atoms with Crippen LogP contribution in [0.15, 0.2) is 14.8 Å². The van der Waals surface area contributed by atoms with Crippen molar-refractivity contribution < 1.29 is 0 Å². The Kier molecular flexibility index (Phi) is 3.82. The lowest BCUT2D eigenvalue weighted by molar-refractivity contribution is 0.485. The lowest BCUT2D eigenvalue weighted by atomic mass is 10.2. The first kappa shape index (κ1) is 13.1. The third kappa shape index (κ3) is 2.27. The summed E-state index contributed by atoms with van der Waals surface area (Å²) >= 11 is 0. The maximum absolute atomic E-state index is 11.9. The minimum Gasteiger partial charge on any atom is -0.383 e. The molecule has 7 heteroatoms. The van der Waals surface area contributed by atoms with Gasteiger partial charge in [0, 0.05) is 13.1 Å². The number of nitroso groups, excluding NO2 is 1. The highest BCUT2D eigenvalue weighted by Gasteiger charge is 2.17. The van der Waals surface area contributed by atoms with Crippen LogP contribution in [0.4, 0.5) is 11.5 Å². The van der Waals surface area contributed by atoms with E-state index in [1.807, 2.05) is 13.8 Å². The Morgan fingerprint density at radius 2 is 1.88 bits per heavy atom. The number of hydrogen-bond acceptors (Lipinski definition) is 5. The van der Waals surface area contributed by atoms with Crippen molar-refractivity contribution in [1.29, 1.82) is 0 Å². The molecule has 94 valence electrons. The molecule has 0 saturated heterocycles. The fourth-order valence-corrected chi connectivity index (χ4v) is 1.61. The summed E-state index contributed by atoms with van der Waals surface area (Å²) < 4.78 is 2.17. The van der Waals surface area contributed by atoms with Crippen LogP contribution in [-0.4, -0.2) is 9.13 Å². The summed E-state index contributed by atoms with van der Waals surface area (Å²) in [6.45, 7) is 5.97. The maximum atomic E-state index is 11.9. The van der Waals surface area contributed by atoms with E-state index in [1.54, 1.807) is 6.92 Å². The lowest BCUT2D eigenvalue weighted by Gasteiger charge is -2.14. The summed E-state index contributed by atoms with van der Waals surface area (Å²) in [6, 6.07) is 0. The highest BCUT2D eigenvalue weighted by atomic mass is 16.3. The van der Waals surface area contributed by atoms with Gasteiger partial charge in [0.1, 0.15) is 5.82 Å². The molecule has 0 atom stereocenters. The molecule has 0 aliphatic carbocycles. The van der Waals surface area contributed by atoms with E-state index in [1.165, 1.54) is 4.57 Å². The van der Waals surface area contributed by atoms with Crippen molar-refractivity contribution in [2.75, 3.05) is 5.73 Å². The number of nitrogens with two attached hydrogens (primary N) is 1. The van der Waals surface area contributed by atoms with Crippen LogP contribution < -0.4 is 17.0 Å². The number of nitrogens with zero attached hydrogens (tertiary/aromatic N) is 3. The van der Waals surface area contributed by atoms with Crippen molar-refractivity contribution in [2.45, 2.75) is 33.9 Å². The molecule has 1 rings (SSSR count). The first-order chi connectivity index (χ1) is 7.93. The van der Waals surface area contributed by atoms with E-state index >= 15 is 0 Å². The first-order valence-corrected chi connectivity index (χ1v) is 5.40. The Labute approximate surface area is 97.8 Å². The molecule has 0 spiro atoms. The van der Waals surface area contributed by atoms with Gasteiger partial charge in [-0.1, -0.05) is 13.8 Å². The molecular formula is C10H16N4O3. The van der Waals surface area contributed by atoms with Gasteiger partial charge in [-0.2, -0.15) is 0 Å². The molecule has 17 heavy (non-hydrogen) atoms. The zero-order valence-electron chi connectivity index (χ0n) is 10.1. The van der Waals surface area contributed by atoms with Crippen LogP contribution >= 0.6 is 0 Å². The summed E-state index contributed by atoms with van der Waals surface area (Å²) in [4.78, 5) is 34.2. The normalized spacial score (nSPS) is 10.8. The molecule has 0 bridgehead atoms. The Bertz CT molecular complexity index is 542. The predicted octanol–water partition coefficient (Wildman–Crippen LogP) is 0.666. The van der Waals surface area contributed by atoms with Crippen molar-refractivity contribution in [3.05, 3.63) is 25.7 Å². The van der Waals surface area contributed by atoms with Gasteiger partial charge in [-0.25, -0.2) is 4.79 Å². The quantitative estimate of drug-likeness (QED) is 0.781. The van der Waals surface area contributed by atoms with Gasteiger partial charge in [-0.15, -0.1) is 4.91 Å². The maximum Gasteiger partial charge on any atom is 0.332 e. The monoisotopic (exact) mass is 240 g/mol. The van der Waals surface area contributed by atoms with Crippen LogP contribution in [0.25, 0.3) is 0 Å². The van der Waals surface area contributed by atoms with Crippen LogP contribution in [0.3, 0.4) is 0 Å². The minimum atomic E-state index is -0.731. The molecule has 0 aliphatic rings. The number of rotatable bonds is 4. The number of hydrogen-bond donors (Lipinski definition) is 1. The standard InChI is InChI=1S/C10H16N4O3/c1-4-13-9(15)7(12-17)8(11)14(10(13)16)5-6(2)3/h6H,4-5,11H2,1-3H3. The largest absolute Gasteiger partial charge is 0.383 e. The lowest BCUT2D eigenvalue weighted by Crippen LogP contribution is -2.41. The summed E-state index contributed by atoms with van der Waals surface area (Å²) in [5, 5.41) is 2.62. The van der Waals surface area contributed by atoms with Crippen LogP contribution in [0, 0.1) is 10.8 Å². The van der Waals surface area contributed by atoms with E-state index in [0.717, 1.165) is 4.57 Å². The summed E-state index contributed by atoms with van der Waals surface area (Å²) in [5.74, 6) is 0.00529. The van der Waals surface area contributed by atoms with Gasteiger partial charge in [0.15, 0.2) is 0 Å². The van der Waals surface area contributed by atoms with Gasteiger partial charge >= 0.3 is 5.69 Å². The Hall–Kier alpha value is -1.92. The van der Waals surface area contributed by atoms with Crippen LogP contribution in [0.5, 0.6) is 0 Å². The third-order valence-corrected chi connectivity index (χ3v) is 2.40. The second-order valence-electron chi connectivity index (χ2n) is 4.16. The van der Waals surface area contributed by atoms with Crippen LogP contribution in [0.1, 0.15) is 20.8 Å². The van der Waals surface area contributed by atoms with Gasteiger partial charge < -0.3 is 5.73 Å². The average molecular weight is 240 g/mol. The molecular weight excluding hydrogens is 224 g/mol. The second kappa shape index (κ2) is 4.94. The summed E-state index contributed by atoms with van der Waals surface area (Å²) in [7, 11) is 0. The molecule has 0 aromatic carbocycles. The predicted molar refractivity (Wildman–Crippen MR) is 65.3 cm³/mol. The molecule has 7 nitrogen and oxygen atoms in total. The van der Waals surface area contributed by atoms with Gasteiger partial charge in [0.25, 0.3) is 5.56 Å². The highest BCUT2D eigenvalue weighted by molar-refractivity contribution is 5.55. The molecule has 0 saturated carbocycles. The fraction of sp³-hybridized carbons (Fsp3) is 0.600. The summed E-state index contributed by atoms with van der Waals surface area (Å²) in [5.41, 5.74) is 3.99. The molecule has 1 aromatic rings. The SMILES string of the molecule is CCn1c(=O)c(N=O)c(N)n(CC(C)C)c1=O. The van der Waals surface area contributed by atoms with Crippen LogP contribution in [-0.2, 0) is 13.1 Å². The van der Waals surface area contributed by atoms with E-state index in [4.69, 9.17) is 5.73 Å². The van der Waals surface area contributed by atoms with Crippen molar-refractivity contribution in [1.82, 2.24) is 9.13 Å². The number of nitrogen functional groups attached to an aromatic ring is 1. The molecule has 0 fully saturated rings. The molecule has 1 aromatic heterocycles. The van der Waals surface area contributed by atoms with E-state index in [9.17, 15) is 14.5 Å². The van der Waals surface area contributed by atoms with E-state index in [2.05, 4.69) is 5.18 Å². The number of aromatic nitrogens is 2. The molecule has 1 heterocycles. The van der Waals surface area contributed by atoms with Crippen molar-refractivity contribution in [3.8, 4) is 0 Å². The highest BCUT2D eigenvalue weighted by Crippen LogP contribution is 2.15. The van der Waals surface area contributed by atoms with E-state index in [0.29, 0.717) is 6.54 Å². The Balaban J connectivity index is 3.66. The van der Waals surface area contributed by atoms with Crippen LogP contribution in [0.2, 0.25) is 0 Å². The fourth-order valence-electron chi connectivity index (χ4n) is 1.61. The van der Waals surface area contributed by atoms with Crippen molar-refractivity contribution in [3.63, 3.8) is 0 Å². The van der Waals surface area contributed by atoms with Crippen molar-refractivity contribution in [2.24, 2.45) is 11.1 Å². The van der Waals surface area contributed by atoms with Gasteiger partial charge in [0.05, 0.1) is 0 Å². The molecule has 0 radical (unpaired) electrons. The zero-order valence-corrected chi connectivity index (χ0v) is 10.1. The van der Waals surface area contributed by atoms with E-state index < -0.39 is 16.9 Å². The topological polar surface area (TPSA) is 99.4 Å². The molecule has 0 unspecified atom stereocenters. The first-order valence-electron chi connectivity index (χ1n) is 5.40. The zero-order chi connectivity index (χ0) is 13.2. The van der Waals surface area contributed by atoms with Crippen molar-refractivity contribution >= 4 is 11.5 Å². The van der Waals surface area contributed by atoms with E-state index in [-0.39, 0.29) is 18.3 Å². The van der Waals surface area contributed by atoms with Gasteiger partial charge in [0.2, 0.25) is 5.69 Å². The molecule has 2 N–H and O–H groups in total. The Morgan fingerprint density at radius 1 is 1.29 bits per heavy atom. The van der Waals surface area contributed by atoms with Gasteiger partial charge in [-0.05, 0) is 18.0 Å². The minimum absolute atomic E-state index is 0.159. The number of anilines is 1. The second-order valence-corrected chi connectivity index (χ2v) is 4.16. The molecule has 0 amide bonds. The smallest absolute Gasteiger partial charge is 0.332 e.